The molecule has 1 heterocycles. The minimum Gasteiger partial charge on any atom is -0.379 e. The average Bonchev–Trinajstić information content (AvgIpc) is 3.13. The van der Waals surface area contributed by atoms with E-state index in [2.05, 4.69) is 5.32 Å². The minimum absolute atomic E-state index is 0.206. The van der Waals surface area contributed by atoms with Crippen LogP contribution < -0.4 is 5.32 Å². The summed E-state index contributed by atoms with van der Waals surface area (Å²) in [7, 11) is -3.51. The number of nitrogens with one attached hydrogen (secondary N) is 1. The summed E-state index contributed by atoms with van der Waals surface area (Å²) in [5, 5.41) is 2.79. The second-order valence-electron chi connectivity index (χ2n) is 6.56. The fraction of sp³-hybridized carbons (Fsp3) is 0.562. The molecule has 1 atom stereocenters. The van der Waals surface area contributed by atoms with Gasteiger partial charge in [0.15, 0.2) is 0 Å². The molecule has 1 aliphatic carbocycles. The molecule has 2 fully saturated rings. The van der Waals surface area contributed by atoms with Crippen LogP contribution >= 0.6 is 23.2 Å². The number of halogens is 2. The summed E-state index contributed by atoms with van der Waals surface area (Å²) < 4.78 is 30.7. The Balaban J connectivity index is 1.62. The Morgan fingerprint density at radius 1 is 1.24 bits per heavy atom. The van der Waals surface area contributed by atoms with Gasteiger partial charge in [-0.2, -0.15) is 4.31 Å². The maximum absolute atomic E-state index is 12.5. The van der Waals surface area contributed by atoms with Crippen molar-refractivity contribution in [1.82, 2.24) is 9.62 Å². The molecule has 1 aliphatic heterocycles. The third-order valence-electron chi connectivity index (χ3n) is 4.74. The fourth-order valence-electron chi connectivity index (χ4n) is 2.74. The van der Waals surface area contributed by atoms with Crippen molar-refractivity contribution in [3.8, 4) is 0 Å². The summed E-state index contributed by atoms with van der Waals surface area (Å²) in [6.45, 7) is 3.54. The third-order valence-corrected chi connectivity index (χ3v) is 7.76. The van der Waals surface area contributed by atoms with Gasteiger partial charge in [0.05, 0.1) is 23.5 Å². The number of alkyl halides is 2. The van der Waals surface area contributed by atoms with E-state index in [-0.39, 0.29) is 17.3 Å². The van der Waals surface area contributed by atoms with Crippen LogP contribution in [0.1, 0.15) is 18.9 Å². The number of hydrogen-bond acceptors (Lipinski definition) is 4. The monoisotopic (exact) mass is 406 g/mol. The smallest absolute Gasteiger partial charge is 0.243 e. The van der Waals surface area contributed by atoms with Crippen molar-refractivity contribution in [2.24, 2.45) is 5.41 Å². The molecule has 0 spiro atoms. The average molecular weight is 407 g/mol. The highest BCUT2D eigenvalue weighted by molar-refractivity contribution is 7.89. The predicted molar refractivity (Wildman–Crippen MR) is 95.0 cm³/mol. The van der Waals surface area contributed by atoms with Crippen LogP contribution in [0.3, 0.4) is 0 Å². The minimum atomic E-state index is -3.51. The lowest BCUT2D eigenvalue weighted by Crippen LogP contribution is -2.40. The summed E-state index contributed by atoms with van der Waals surface area (Å²) in [4.78, 5) is 12.4. The molecule has 1 aromatic rings. The molecule has 0 radical (unpaired) electrons. The zero-order chi connectivity index (χ0) is 18.3. The van der Waals surface area contributed by atoms with Crippen LogP contribution in [0.2, 0.25) is 0 Å². The number of carbonyl (C=O) groups is 1. The van der Waals surface area contributed by atoms with Crippen LogP contribution in [0.15, 0.2) is 29.2 Å². The van der Waals surface area contributed by atoms with E-state index >= 15 is 0 Å². The first-order chi connectivity index (χ1) is 11.7. The highest BCUT2D eigenvalue weighted by Crippen LogP contribution is 2.63. The van der Waals surface area contributed by atoms with Gasteiger partial charge < -0.3 is 10.1 Å². The molecule has 1 saturated carbocycles. The SMILES string of the molecule is CC1(C(=O)NCc2ccc(S(=O)(=O)N3CCOCC3)cc2)CC1(Cl)Cl. The first-order valence-corrected chi connectivity index (χ1v) is 10.2. The van der Waals surface area contributed by atoms with Gasteiger partial charge in [0.2, 0.25) is 15.9 Å². The van der Waals surface area contributed by atoms with E-state index in [0.717, 1.165) is 5.56 Å². The summed E-state index contributed by atoms with van der Waals surface area (Å²) in [6, 6.07) is 6.49. The quantitative estimate of drug-likeness (QED) is 0.757. The number of amides is 1. The lowest BCUT2D eigenvalue weighted by Gasteiger charge is -2.26. The third kappa shape index (κ3) is 3.66. The van der Waals surface area contributed by atoms with Gasteiger partial charge in [-0.3, -0.25) is 4.79 Å². The second-order valence-corrected chi connectivity index (χ2v) is 9.98. The van der Waals surface area contributed by atoms with E-state index in [9.17, 15) is 13.2 Å². The number of carbonyl (C=O) groups excluding carboxylic acids is 1. The van der Waals surface area contributed by atoms with E-state index in [0.29, 0.717) is 32.7 Å². The first kappa shape index (κ1) is 18.9. The van der Waals surface area contributed by atoms with Gasteiger partial charge in [-0.1, -0.05) is 12.1 Å². The van der Waals surface area contributed by atoms with E-state index in [1.54, 1.807) is 31.2 Å². The van der Waals surface area contributed by atoms with Gasteiger partial charge in [-0.05, 0) is 31.0 Å². The molecule has 1 unspecified atom stereocenters. The van der Waals surface area contributed by atoms with Crippen LogP contribution in [-0.2, 0) is 26.1 Å². The van der Waals surface area contributed by atoms with E-state index in [1.165, 1.54) is 4.31 Å². The molecule has 1 N–H and O–H groups in total. The maximum atomic E-state index is 12.5. The molecule has 0 bridgehead atoms. The van der Waals surface area contributed by atoms with Gasteiger partial charge in [0.25, 0.3) is 0 Å². The molecule has 3 rings (SSSR count). The highest BCUT2D eigenvalue weighted by atomic mass is 35.5. The Morgan fingerprint density at radius 2 is 1.80 bits per heavy atom. The van der Waals surface area contributed by atoms with Gasteiger partial charge in [0.1, 0.15) is 4.33 Å². The van der Waals surface area contributed by atoms with Crippen LogP contribution in [0.5, 0.6) is 0 Å². The molecule has 0 aromatic heterocycles. The number of sulfonamides is 1. The fourth-order valence-corrected chi connectivity index (χ4v) is 4.85. The number of benzene rings is 1. The summed E-state index contributed by atoms with van der Waals surface area (Å²) in [6.07, 6.45) is 0.422. The van der Waals surface area contributed by atoms with E-state index in [4.69, 9.17) is 27.9 Å². The number of rotatable bonds is 5. The van der Waals surface area contributed by atoms with Crippen LogP contribution in [-0.4, -0.2) is 49.3 Å². The van der Waals surface area contributed by atoms with Crippen molar-refractivity contribution < 1.29 is 17.9 Å². The van der Waals surface area contributed by atoms with E-state index in [1.807, 2.05) is 0 Å². The molecule has 1 aromatic carbocycles. The van der Waals surface area contributed by atoms with Crippen molar-refractivity contribution >= 4 is 39.1 Å². The Labute approximate surface area is 157 Å². The Kier molecular flexibility index (Phi) is 5.07. The predicted octanol–water partition coefficient (Wildman–Crippen LogP) is 1.91. The van der Waals surface area contributed by atoms with Crippen molar-refractivity contribution in [2.75, 3.05) is 26.3 Å². The number of ether oxygens (including phenoxy) is 1. The van der Waals surface area contributed by atoms with Crippen molar-refractivity contribution in [2.45, 2.75) is 29.1 Å². The van der Waals surface area contributed by atoms with Crippen LogP contribution in [0.25, 0.3) is 0 Å². The van der Waals surface area contributed by atoms with Gasteiger partial charge in [0, 0.05) is 19.6 Å². The zero-order valence-electron chi connectivity index (χ0n) is 13.8. The Bertz CT molecular complexity index is 761. The standard InChI is InChI=1S/C16H20Cl2N2O4S/c1-15(11-16(15,17)18)14(21)19-10-12-2-4-13(5-3-12)25(22,23)20-6-8-24-9-7-20/h2-5H,6-11H2,1H3,(H,19,21). The molecule has 25 heavy (non-hydrogen) atoms. The Hall–Kier alpha value is -0.860. The largest absolute Gasteiger partial charge is 0.379 e. The van der Waals surface area contributed by atoms with E-state index < -0.39 is 19.8 Å². The molecule has 6 nitrogen and oxygen atoms in total. The summed E-state index contributed by atoms with van der Waals surface area (Å²) >= 11 is 12.0. The number of nitrogens with zero attached hydrogens (tertiary/aromatic N) is 1. The highest BCUT2D eigenvalue weighted by Gasteiger charge is 2.67. The van der Waals surface area contributed by atoms with Gasteiger partial charge in [-0.15, -0.1) is 23.2 Å². The zero-order valence-corrected chi connectivity index (χ0v) is 16.1. The number of hydrogen-bond donors (Lipinski definition) is 1. The van der Waals surface area contributed by atoms with Crippen molar-refractivity contribution in [1.29, 1.82) is 0 Å². The lowest BCUT2D eigenvalue weighted by molar-refractivity contribution is -0.125. The first-order valence-electron chi connectivity index (χ1n) is 8.00. The molecule has 9 heteroatoms. The molecular weight excluding hydrogens is 387 g/mol. The maximum Gasteiger partial charge on any atom is 0.243 e. The molecular formula is C16H20Cl2N2O4S. The number of morpholine rings is 1. The van der Waals surface area contributed by atoms with Crippen LogP contribution in [0, 0.1) is 5.41 Å². The second kappa shape index (κ2) is 6.70. The van der Waals surface area contributed by atoms with Gasteiger partial charge in [-0.25, -0.2) is 8.42 Å². The lowest BCUT2D eigenvalue weighted by atomic mass is 10.1. The normalized spacial score (nSPS) is 26.2. The summed E-state index contributed by atoms with van der Waals surface area (Å²) in [5.41, 5.74) is 0.0312. The summed E-state index contributed by atoms with van der Waals surface area (Å²) in [5.74, 6) is -0.206. The molecule has 1 amide bonds. The molecule has 2 aliphatic rings. The van der Waals surface area contributed by atoms with Crippen LogP contribution in [0.4, 0.5) is 0 Å². The Morgan fingerprint density at radius 3 is 2.32 bits per heavy atom. The van der Waals surface area contributed by atoms with Gasteiger partial charge >= 0.3 is 0 Å². The van der Waals surface area contributed by atoms with Crippen molar-refractivity contribution in [3.05, 3.63) is 29.8 Å². The van der Waals surface area contributed by atoms with Crippen molar-refractivity contribution in [3.63, 3.8) is 0 Å². The molecule has 1 saturated heterocycles. The molecule has 138 valence electrons. The topological polar surface area (TPSA) is 75.7 Å².